The molecule has 1 aromatic heterocycles. The summed E-state index contributed by atoms with van der Waals surface area (Å²) in [5.74, 6) is 0.903. The third-order valence-electron chi connectivity index (χ3n) is 6.22. The molecule has 0 aliphatic heterocycles. The minimum atomic E-state index is -0.298. The molecule has 0 spiro atoms. The van der Waals surface area contributed by atoms with Crippen LogP contribution in [-0.4, -0.2) is 36.1 Å². The smallest absolute Gasteiger partial charge is 0.265 e. The van der Waals surface area contributed by atoms with Crippen LogP contribution in [0.15, 0.2) is 52.3 Å². The van der Waals surface area contributed by atoms with E-state index < -0.39 is 0 Å². The summed E-state index contributed by atoms with van der Waals surface area (Å²) in [7, 11) is 3.10. The molecule has 1 saturated carbocycles. The highest BCUT2D eigenvalue weighted by atomic mass is 16.5. The summed E-state index contributed by atoms with van der Waals surface area (Å²) in [5.41, 5.74) is 0.752. The van der Waals surface area contributed by atoms with Crippen LogP contribution in [0.1, 0.15) is 50.5 Å². The van der Waals surface area contributed by atoms with E-state index in [1.807, 2.05) is 18.2 Å². The Kier molecular flexibility index (Phi) is 6.78. The molecule has 0 saturated heterocycles. The number of pyridine rings is 1. The maximum atomic E-state index is 13.3. The van der Waals surface area contributed by atoms with Crippen molar-refractivity contribution in [2.75, 3.05) is 14.2 Å². The van der Waals surface area contributed by atoms with Crippen LogP contribution in [0, 0.1) is 0 Å². The molecule has 0 amide bonds. The van der Waals surface area contributed by atoms with Gasteiger partial charge in [0.1, 0.15) is 0 Å². The molecule has 0 radical (unpaired) electrons. The predicted molar refractivity (Wildman–Crippen MR) is 128 cm³/mol. The van der Waals surface area contributed by atoms with Crippen LogP contribution in [0.3, 0.4) is 0 Å². The zero-order valence-corrected chi connectivity index (χ0v) is 18.7. The molecule has 2 aromatic carbocycles. The molecule has 1 heterocycles. The summed E-state index contributed by atoms with van der Waals surface area (Å²) in [4.78, 5) is 18.2. The fourth-order valence-electron chi connectivity index (χ4n) is 4.46. The number of aromatic hydroxyl groups is 1. The zero-order chi connectivity index (χ0) is 22.5. The van der Waals surface area contributed by atoms with Gasteiger partial charge in [-0.3, -0.25) is 9.79 Å². The van der Waals surface area contributed by atoms with Gasteiger partial charge >= 0.3 is 0 Å². The van der Waals surface area contributed by atoms with Crippen molar-refractivity contribution >= 4 is 17.0 Å². The van der Waals surface area contributed by atoms with E-state index in [-0.39, 0.29) is 17.5 Å². The summed E-state index contributed by atoms with van der Waals surface area (Å²) in [6.07, 6.45) is 10.0. The van der Waals surface area contributed by atoms with E-state index in [0.29, 0.717) is 33.5 Å². The number of rotatable bonds is 5. The van der Waals surface area contributed by atoms with Gasteiger partial charge in [0.15, 0.2) is 11.5 Å². The summed E-state index contributed by atoms with van der Waals surface area (Å²) in [6, 6.07) is 12.7. The van der Waals surface area contributed by atoms with Crippen LogP contribution in [-0.2, 0) is 0 Å². The molecule has 1 fully saturated rings. The lowest BCUT2D eigenvalue weighted by Crippen LogP contribution is -2.20. The van der Waals surface area contributed by atoms with E-state index >= 15 is 0 Å². The Morgan fingerprint density at radius 2 is 1.59 bits per heavy atom. The monoisotopic (exact) mass is 434 g/mol. The molecule has 32 heavy (non-hydrogen) atoms. The molecular formula is C26H30N2O4. The highest BCUT2D eigenvalue weighted by Crippen LogP contribution is 2.32. The van der Waals surface area contributed by atoms with Gasteiger partial charge < -0.3 is 14.6 Å². The zero-order valence-electron chi connectivity index (χ0n) is 18.7. The lowest BCUT2D eigenvalue weighted by molar-refractivity contribution is 0.354. The lowest BCUT2D eigenvalue weighted by atomic mass is 9.97. The normalized spacial score (nSPS) is 15.6. The minimum absolute atomic E-state index is 0.129. The molecule has 6 nitrogen and oxygen atoms in total. The van der Waals surface area contributed by atoms with Crippen LogP contribution < -0.4 is 15.0 Å². The molecule has 3 aromatic rings. The SMILES string of the molecule is COc1ccc(-n2c(O)c(C=NC3CCCCCCC3)c3ccccc3c2=O)cc1OC. The maximum absolute atomic E-state index is 13.3. The number of ether oxygens (including phenoxy) is 2. The molecular weight excluding hydrogens is 404 g/mol. The first-order chi connectivity index (χ1) is 15.6. The standard InChI is InChI=1S/C26H30N2O4/c1-31-23-15-14-19(16-24(23)32-2)28-25(29)21-13-9-8-12-20(21)22(26(28)30)17-27-18-10-6-4-3-5-7-11-18/h8-9,12-18,30H,3-7,10-11H2,1-2H3. The van der Waals surface area contributed by atoms with Gasteiger partial charge in [-0.15, -0.1) is 0 Å². The second-order valence-corrected chi connectivity index (χ2v) is 8.24. The third-order valence-corrected chi connectivity index (χ3v) is 6.22. The van der Waals surface area contributed by atoms with E-state index in [0.717, 1.165) is 12.8 Å². The largest absolute Gasteiger partial charge is 0.494 e. The van der Waals surface area contributed by atoms with Crippen LogP contribution in [0.5, 0.6) is 17.4 Å². The maximum Gasteiger partial charge on any atom is 0.265 e. The minimum Gasteiger partial charge on any atom is -0.494 e. The first-order valence-corrected chi connectivity index (χ1v) is 11.3. The number of nitrogens with zero attached hydrogens (tertiary/aromatic N) is 2. The highest BCUT2D eigenvalue weighted by Gasteiger charge is 2.18. The van der Waals surface area contributed by atoms with Gasteiger partial charge in [0, 0.05) is 29.1 Å². The number of aliphatic imine (C=N–C) groups is 1. The van der Waals surface area contributed by atoms with Crippen molar-refractivity contribution in [3.8, 4) is 23.1 Å². The molecule has 1 aliphatic rings. The van der Waals surface area contributed by atoms with Crippen molar-refractivity contribution in [1.29, 1.82) is 0 Å². The highest BCUT2D eigenvalue weighted by molar-refractivity contribution is 6.01. The van der Waals surface area contributed by atoms with E-state index in [4.69, 9.17) is 14.5 Å². The van der Waals surface area contributed by atoms with Crippen molar-refractivity contribution in [1.82, 2.24) is 4.57 Å². The number of benzene rings is 2. The van der Waals surface area contributed by atoms with Crippen LogP contribution >= 0.6 is 0 Å². The van der Waals surface area contributed by atoms with Gasteiger partial charge in [0.05, 0.1) is 25.5 Å². The molecule has 1 N–H and O–H groups in total. The van der Waals surface area contributed by atoms with Gasteiger partial charge in [0.25, 0.3) is 5.56 Å². The van der Waals surface area contributed by atoms with E-state index in [2.05, 4.69) is 0 Å². The molecule has 0 bridgehead atoms. The van der Waals surface area contributed by atoms with Gasteiger partial charge in [-0.05, 0) is 31.0 Å². The summed E-state index contributed by atoms with van der Waals surface area (Å²) < 4.78 is 12.0. The number of methoxy groups -OCH3 is 2. The Morgan fingerprint density at radius 3 is 2.28 bits per heavy atom. The van der Waals surface area contributed by atoms with E-state index in [1.165, 1.54) is 43.8 Å². The average molecular weight is 435 g/mol. The number of hydrogen-bond donors (Lipinski definition) is 1. The van der Waals surface area contributed by atoms with Gasteiger partial charge in [-0.25, -0.2) is 4.57 Å². The first-order valence-electron chi connectivity index (χ1n) is 11.3. The van der Waals surface area contributed by atoms with Crippen molar-refractivity contribution in [3.05, 3.63) is 58.4 Å². The van der Waals surface area contributed by atoms with Crippen LogP contribution in [0.4, 0.5) is 0 Å². The topological polar surface area (TPSA) is 73.0 Å². The van der Waals surface area contributed by atoms with Crippen LogP contribution in [0.2, 0.25) is 0 Å². The van der Waals surface area contributed by atoms with Crippen molar-refractivity contribution in [2.45, 2.75) is 51.0 Å². The van der Waals surface area contributed by atoms with Crippen molar-refractivity contribution in [2.24, 2.45) is 4.99 Å². The van der Waals surface area contributed by atoms with Crippen molar-refractivity contribution in [3.63, 3.8) is 0 Å². The predicted octanol–water partition coefficient (Wildman–Crippen LogP) is 5.25. The number of aromatic nitrogens is 1. The Bertz CT molecular complexity index is 1170. The quantitative estimate of drug-likeness (QED) is 0.557. The Hall–Kier alpha value is -3.28. The molecule has 1 aliphatic carbocycles. The third kappa shape index (κ3) is 4.35. The van der Waals surface area contributed by atoms with E-state index in [9.17, 15) is 9.90 Å². The summed E-state index contributed by atoms with van der Waals surface area (Å²) >= 11 is 0. The Labute approximate surface area is 188 Å². The Balaban J connectivity index is 1.85. The second-order valence-electron chi connectivity index (χ2n) is 8.24. The molecule has 0 atom stereocenters. The van der Waals surface area contributed by atoms with Gasteiger partial charge in [-0.1, -0.05) is 50.3 Å². The summed E-state index contributed by atoms with van der Waals surface area (Å²) in [6.45, 7) is 0. The molecule has 0 unspecified atom stereocenters. The number of fused-ring (bicyclic) bond motifs is 1. The van der Waals surface area contributed by atoms with Crippen LogP contribution in [0.25, 0.3) is 16.5 Å². The number of hydrogen-bond acceptors (Lipinski definition) is 5. The van der Waals surface area contributed by atoms with Crippen molar-refractivity contribution < 1.29 is 14.6 Å². The fourth-order valence-corrected chi connectivity index (χ4v) is 4.46. The first kappa shape index (κ1) is 21.9. The molecule has 168 valence electrons. The summed E-state index contributed by atoms with van der Waals surface area (Å²) in [5, 5.41) is 12.5. The lowest BCUT2D eigenvalue weighted by Gasteiger charge is -2.17. The van der Waals surface area contributed by atoms with Gasteiger partial charge in [-0.2, -0.15) is 0 Å². The average Bonchev–Trinajstić information content (AvgIpc) is 2.80. The Morgan fingerprint density at radius 1 is 0.938 bits per heavy atom. The van der Waals surface area contributed by atoms with Gasteiger partial charge in [0.2, 0.25) is 5.88 Å². The molecule has 6 heteroatoms. The molecule has 4 rings (SSSR count). The van der Waals surface area contributed by atoms with E-state index in [1.54, 1.807) is 37.6 Å². The second kappa shape index (κ2) is 9.90. The fraction of sp³-hybridized carbons (Fsp3) is 0.385.